The first-order valence-corrected chi connectivity index (χ1v) is 14.4. The van der Waals surface area contributed by atoms with Crippen LogP contribution in [0, 0.1) is 5.95 Å². The van der Waals surface area contributed by atoms with Crippen LogP contribution in [-0.2, 0) is 4.43 Å². The average Bonchev–Trinajstić information content (AvgIpc) is 2.74. The third-order valence-electron chi connectivity index (χ3n) is 6.97. The Morgan fingerprint density at radius 1 is 1.09 bits per heavy atom. The molecule has 7 nitrogen and oxygen atoms in total. The summed E-state index contributed by atoms with van der Waals surface area (Å²) in [4.78, 5) is 17.1. The number of hydrogen-bond acceptors (Lipinski definition) is 7. The molecule has 0 aromatic carbocycles. The van der Waals surface area contributed by atoms with Crippen LogP contribution in [0.25, 0.3) is 22.0 Å². The lowest BCUT2D eigenvalue weighted by Gasteiger charge is -2.41. The van der Waals surface area contributed by atoms with Crippen molar-refractivity contribution in [2.75, 3.05) is 11.1 Å². The van der Waals surface area contributed by atoms with Crippen molar-refractivity contribution in [2.45, 2.75) is 76.7 Å². The second-order valence-corrected chi connectivity index (χ2v) is 15.1. The van der Waals surface area contributed by atoms with Gasteiger partial charge in [0.2, 0.25) is 11.9 Å². The van der Waals surface area contributed by atoms with Gasteiger partial charge in [-0.2, -0.15) is 4.39 Å². The van der Waals surface area contributed by atoms with Crippen molar-refractivity contribution in [1.29, 1.82) is 0 Å². The van der Waals surface area contributed by atoms with Crippen LogP contribution in [0.2, 0.25) is 18.1 Å². The quantitative estimate of drug-likeness (QED) is 0.374. The molecule has 0 spiro atoms. The molecule has 176 valence electrons. The van der Waals surface area contributed by atoms with E-state index in [0.717, 1.165) is 25.7 Å². The molecule has 9 heteroatoms. The maximum atomic E-state index is 13.7. The maximum Gasteiger partial charge on any atom is 0.223 e. The summed E-state index contributed by atoms with van der Waals surface area (Å²) in [5.41, 5.74) is 8.03. The van der Waals surface area contributed by atoms with E-state index >= 15 is 0 Å². The Kier molecular flexibility index (Phi) is 6.37. The summed E-state index contributed by atoms with van der Waals surface area (Å²) < 4.78 is 20.3. The highest BCUT2D eigenvalue weighted by Crippen LogP contribution is 2.39. The molecule has 3 aromatic heterocycles. The van der Waals surface area contributed by atoms with Gasteiger partial charge in [-0.05, 0) is 55.4 Å². The standard InChI is InChI=1S/C24H33FN6OSi/c1-24(2,3)33(4,5)32-17-8-6-16(7-9-17)30-23-29-14-19-21(31-23)18(13-28-22(19)26)15-10-11-27-20(25)12-15/h10-14,16-17H,6-9H2,1-5H3,(H2,26,28)(H,29,30,31). The number of hydrogen-bond donors (Lipinski definition) is 2. The zero-order chi connectivity index (χ0) is 23.8. The molecule has 3 N–H and O–H groups in total. The molecule has 1 aliphatic carbocycles. The summed E-state index contributed by atoms with van der Waals surface area (Å²) >= 11 is 0. The number of anilines is 2. The van der Waals surface area contributed by atoms with Crippen LogP contribution < -0.4 is 11.1 Å². The molecular formula is C24H33FN6OSi. The number of fused-ring (bicyclic) bond motifs is 1. The SMILES string of the molecule is CC(C)(C)[Si](C)(C)OC1CCC(Nc2ncc3c(N)ncc(-c4ccnc(F)c4)c3n2)CC1. The van der Waals surface area contributed by atoms with E-state index in [1.807, 2.05) is 0 Å². The fourth-order valence-corrected chi connectivity index (χ4v) is 5.41. The Morgan fingerprint density at radius 2 is 1.82 bits per heavy atom. The van der Waals surface area contributed by atoms with Crippen LogP contribution in [0.4, 0.5) is 16.2 Å². The normalized spacial score (nSPS) is 19.6. The van der Waals surface area contributed by atoms with Gasteiger partial charge in [-0.15, -0.1) is 0 Å². The first-order valence-electron chi connectivity index (χ1n) is 11.5. The summed E-state index contributed by atoms with van der Waals surface area (Å²) in [6, 6.07) is 3.38. The predicted octanol–water partition coefficient (Wildman–Crippen LogP) is 5.55. The number of halogens is 1. The molecule has 3 heterocycles. The van der Waals surface area contributed by atoms with Gasteiger partial charge in [-0.3, -0.25) is 0 Å². The molecule has 0 aliphatic heterocycles. The van der Waals surface area contributed by atoms with Crippen LogP contribution in [0.15, 0.2) is 30.7 Å². The van der Waals surface area contributed by atoms with E-state index in [9.17, 15) is 4.39 Å². The number of nitrogens with one attached hydrogen (secondary N) is 1. The van der Waals surface area contributed by atoms with Crippen molar-refractivity contribution in [1.82, 2.24) is 19.9 Å². The van der Waals surface area contributed by atoms with Gasteiger partial charge in [0.15, 0.2) is 8.32 Å². The molecule has 0 saturated heterocycles. The lowest BCUT2D eigenvalue weighted by Crippen LogP contribution is -2.45. The minimum atomic E-state index is -1.76. The Bertz CT molecular complexity index is 1140. The second kappa shape index (κ2) is 8.94. The molecule has 1 fully saturated rings. The molecule has 3 aromatic rings. The molecule has 1 aliphatic rings. The van der Waals surface area contributed by atoms with Crippen molar-refractivity contribution in [2.24, 2.45) is 0 Å². The summed E-state index contributed by atoms with van der Waals surface area (Å²) in [7, 11) is -1.76. The highest BCUT2D eigenvalue weighted by molar-refractivity contribution is 6.74. The first kappa shape index (κ1) is 23.5. The summed E-state index contributed by atoms with van der Waals surface area (Å²) in [5.74, 6) is 0.331. The van der Waals surface area contributed by atoms with E-state index in [2.05, 4.69) is 54.1 Å². The molecule has 0 unspecified atom stereocenters. The lowest BCUT2D eigenvalue weighted by atomic mass is 9.93. The van der Waals surface area contributed by atoms with Crippen LogP contribution >= 0.6 is 0 Å². The Hall–Kier alpha value is -2.65. The predicted molar refractivity (Wildman–Crippen MR) is 133 cm³/mol. The van der Waals surface area contributed by atoms with E-state index in [1.54, 1.807) is 18.5 Å². The minimum absolute atomic E-state index is 0.215. The third-order valence-corrected chi connectivity index (χ3v) is 11.5. The average molecular weight is 469 g/mol. The number of aromatic nitrogens is 4. The Labute approximate surface area is 195 Å². The fraction of sp³-hybridized carbons (Fsp3) is 0.500. The van der Waals surface area contributed by atoms with Crippen molar-refractivity contribution in [3.63, 3.8) is 0 Å². The van der Waals surface area contributed by atoms with Gasteiger partial charge >= 0.3 is 0 Å². The highest BCUT2D eigenvalue weighted by atomic mass is 28.4. The zero-order valence-corrected chi connectivity index (χ0v) is 21.0. The van der Waals surface area contributed by atoms with Gasteiger partial charge in [-0.25, -0.2) is 19.9 Å². The molecule has 0 bridgehead atoms. The van der Waals surface area contributed by atoms with E-state index in [1.165, 1.54) is 12.3 Å². The van der Waals surface area contributed by atoms with Gasteiger partial charge in [0.25, 0.3) is 0 Å². The van der Waals surface area contributed by atoms with Crippen molar-refractivity contribution < 1.29 is 8.82 Å². The topological polar surface area (TPSA) is 98.8 Å². The number of rotatable bonds is 5. The third kappa shape index (κ3) is 5.14. The second-order valence-electron chi connectivity index (χ2n) is 10.4. The summed E-state index contributed by atoms with van der Waals surface area (Å²) in [5, 5.41) is 4.34. The van der Waals surface area contributed by atoms with Gasteiger partial charge in [0.1, 0.15) is 5.82 Å². The summed E-state index contributed by atoms with van der Waals surface area (Å²) in [6.45, 7) is 11.5. The first-order chi connectivity index (χ1) is 15.5. The van der Waals surface area contributed by atoms with Gasteiger partial charge in [0, 0.05) is 42.4 Å². The van der Waals surface area contributed by atoms with Gasteiger partial charge < -0.3 is 15.5 Å². The number of nitrogen functional groups attached to an aromatic ring is 1. The van der Waals surface area contributed by atoms with Crippen molar-refractivity contribution >= 4 is 31.0 Å². The Balaban J connectivity index is 1.50. The van der Waals surface area contributed by atoms with Gasteiger partial charge in [0.05, 0.1) is 10.9 Å². The Morgan fingerprint density at radius 3 is 2.48 bits per heavy atom. The molecule has 4 rings (SSSR count). The molecular weight excluding hydrogens is 435 g/mol. The van der Waals surface area contributed by atoms with Crippen molar-refractivity contribution in [3.05, 3.63) is 36.7 Å². The summed E-state index contributed by atoms with van der Waals surface area (Å²) in [6.07, 6.45) is 9.10. The maximum absolute atomic E-state index is 13.7. The number of nitrogens with zero attached hydrogens (tertiary/aromatic N) is 4. The van der Waals surface area contributed by atoms with E-state index in [0.29, 0.717) is 39.9 Å². The molecule has 0 radical (unpaired) electrons. The van der Waals surface area contributed by atoms with E-state index in [4.69, 9.17) is 15.1 Å². The minimum Gasteiger partial charge on any atom is -0.414 e. The van der Waals surface area contributed by atoms with Gasteiger partial charge in [-0.1, -0.05) is 20.8 Å². The van der Waals surface area contributed by atoms with E-state index < -0.39 is 14.3 Å². The van der Waals surface area contributed by atoms with Crippen LogP contribution in [0.3, 0.4) is 0 Å². The molecule has 33 heavy (non-hydrogen) atoms. The van der Waals surface area contributed by atoms with Crippen LogP contribution in [-0.4, -0.2) is 40.4 Å². The smallest absolute Gasteiger partial charge is 0.223 e. The number of nitrogens with two attached hydrogens (primary N) is 1. The molecule has 0 atom stereocenters. The zero-order valence-electron chi connectivity index (χ0n) is 20.0. The molecule has 0 amide bonds. The van der Waals surface area contributed by atoms with Crippen LogP contribution in [0.5, 0.6) is 0 Å². The largest absolute Gasteiger partial charge is 0.414 e. The fourth-order valence-electron chi connectivity index (χ4n) is 3.99. The monoisotopic (exact) mass is 468 g/mol. The molecule has 1 saturated carbocycles. The lowest BCUT2D eigenvalue weighted by molar-refractivity contribution is 0.133. The van der Waals surface area contributed by atoms with E-state index in [-0.39, 0.29) is 11.1 Å². The van der Waals surface area contributed by atoms with Crippen molar-refractivity contribution in [3.8, 4) is 11.1 Å². The van der Waals surface area contributed by atoms with Crippen LogP contribution in [0.1, 0.15) is 46.5 Å². The highest BCUT2D eigenvalue weighted by Gasteiger charge is 2.39. The number of pyridine rings is 2.